The number of nitrogens with zero attached hydrogens (tertiary/aromatic N) is 1. The maximum atomic E-state index is 12.2. The van der Waals surface area contributed by atoms with E-state index in [4.69, 9.17) is 5.26 Å². The van der Waals surface area contributed by atoms with Gasteiger partial charge in [-0.05, 0) is 23.3 Å². The number of nitriles is 1. The average molecular weight is 257 g/mol. The molecule has 1 aromatic carbocycles. The van der Waals surface area contributed by atoms with Gasteiger partial charge in [0.1, 0.15) is 5.92 Å². The molecule has 0 saturated heterocycles. The number of carbonyl (C=O) groups excluding carboxylic acids is 1. The lowest BCUT2D eigenvalue weighted by Gasteiger charge is -2.19. The molecule has 102 valence electrons. The summed E-state index contributed by atoms with van der Waals surface area (Å²) < 4.78 is 0. The number of ketones is 1. The smallest absolute Gasteiger partial charge is 0.179 e. The van der Waals surface area contributed by atoms with Crippen LogP contribution < -0.4 is 0 Å². The first-order valence-electron chi connectivity index (χ1n) is 6.80. The van der Waals surface area contributed by atoms with Crippen molar-refractivity contribution in [2.24, 2.45) is 11.8 Å². The highest BCUT2D eigenvalue weighted by molar-refractivity contribution is 5.99. The molecule has 0 aliphatic rings. The standard InChI is InChI=1S/C17H23NO/c1-12(2)10-14(11-18)16(19)13-6-8-15(9-7-13)17(3,4)5/h6-9,12,14H,10H2,1-5H3. The van der Waals surface area contributed by atoms with Crippen molar-refractivity contribution in [2.75, 3.05) is 0 Å². The molecule has 0 fully saturated rings. The second-order valence-corrected chi connectivity index (χ2v) is 6.50. The summed E-state index contributed by atoms with van der Waals surface area (Å²) in [6.45, 7) is 10.5. The normalized spacial score (nSPS) is 13.1. The topological polar surface area (TPSA) is 40.9 Å². The molecule has 1 atom stereocenters. The summed E-state index contributed by atoms with van der Waals surface area (Å²) in [5, 5.41) is 9.12. The Morgan fingerprint density at radius 3 is 2.11 bits per heavy atom. The molecule has 0 spiro atoms. The quantitative estimate of drug-likeness (QED) is 0.752. The summed E-state index contributed by atoms with van der Waals surface area (Å²) in [5.41, 5.74) is 1.91. The Kier molecular flexibility index (Phi) is 4.89. The number of benzene rings is 1. The van der Waals surface area contributed by atoms with E-state index in [0.717, 1.165) is 0 Å². The van der Waals surface area contributed by atoms with Gasteiger partial charge in [-0.15, -0.1) is 0 Å². The van der Waals surface area contributed by atoms with E-state index in [0.29, 0.717) is 17.9 Å². The average Bonchev–Trinajstić information content (AvgIpc) is 2.34. The van der Waals surface area contributed by atoms with Crippen molar-refractivity contribution in [3.05, 3.63) is 35.4 Å². The SMILES string of the molecule is CC(C)CC(C#N)C(=O)c1ccc(C(C)(C)C)cc1. The molecule has 1 aromatic rings. The maximum Gasteiger partial charge on any atom is 0.179 e. The van der Waals surface area contributed by atoms with Gasteiger partial charge >= 0.3 is 0 Å². The molecule has 1 rings (SSSR count). The monoisotopic (exact) mass is 257 g/mol. The van der Waals surface area contributed by atoms with E-state index in [1.807, 2.05) is 38.1 Å². The Bertz CT molecular complexity index is 471. The fourth-order valence-electron chi connectivity index (χ4n) is 2.03. The number of hydrogen-bond donors (Lipinski definition) is 0. The second-order valence-electron chi connectivity index (χ2n) is 6.50. The van der Waals surface area contributed by atoms with Crippen LogP contribution in [0.5, 0.6) is 0 Å². The van der Waals surface area contributed by atoms with Crippen LogP contribution in [-0.2, 0) is 5.41 Å². The highest BCUT2D eigenvalue weighted by Crippen LogP contribution is 2.23. The summed E-state index contributed by atoms with van der Waals surface area (Å²) in [6.07, 6.45) is 0.621. The second kappa shape index (κ2) is 6.02. The highest BCUT2D eigenvalue weighted by Gasteiger charge is 2.21. The van der Waals surface area contributed by atoms with Crippen molar-refractivity contribution in [2.45, 2.75) is 46.5 Å². The molecule has 0 radical (unpaired) electrons. The fourth-order valence-corrected chi connectivity index (χ4v) is 2.03. The molecule has 0 aromatic heterocycles. The zero-order valence-corrected chi connectivity index (χ0v) is 12.5. The predicted molar refractivity (Wildman–Crippen MR) is 78.0 cm³/mol. The van der Waals surface area contributed by atoms with Crippen molar-refractivity contribution in [3.8, 4) is 6.07 Å². The fraction of sp³-hybridized carbons (Fsp3) is 0.529. The first kappa shape index (κ1) is 15.4. The number of Topliss-reactive ketones (excluding diaryl/α,β-unsaturated/α-hetero) is 1. The van der Waals surface area contributed by atoms with Gasteiger partial charge in [0.05, 0.1) is 6.07 Å². The third-order valence-electron chi connectivity index (χ3n) is 3.21. The van der Waals surface area contributed by atoms with E-state index >= 15 is 0 Å². The van der Waals surface area contributed by atoms with Gasteiger partial charge in [-0.25, -0.2) is 0 Å². The van der Waals surface area contributed by atoms with Crippen molar-refractivity contribution in [1.82, 2.24) is 0 Å². The van der Waals surface area contributed by atoms with Crippen LogP contribution in [-0.4, -0.2) is 5.78 Å². The molecule has 19 heavy (non-hydrogen) atoms. The molecule has 0 saturated carbocycles. The predicted octanol–water partition coefficient (Wildman–Crippen LogP) is 4.35. The molecular weight excluding hydrogens is 234 g/mol. The first-order chi connectivity index (χ1) is 8.75. The van der Waals surface area contributed by atoms with Gasteiger partial charge in [-0.3, -0.25) is 4.79 Å². The van der Waals surface area contributed by atoms with Crippen LogP contribution in [0.25, 0.3) is 0 Å². The zero-order chi connectivity index (χ0) is 14.6. The minimum absolute atomic E-state index is 0.0586. The Hall–Kier alpha value is -1.62. The molecule has 2 nitrogen and oxygen atoms in total. The Labute approximate surface area is 116 Å². The van der Waals surface area contributed by atoms with E-state index in [-0.39, 0.29) is 11.2 Å². The van der Waals surface area contributed by atoms with E-state index in [1.165, 1.54) is 5.56 Å². The molecule has 0 aliphatic carbocycles. The Balaban J connectivity index is 2.92. The van der Waals surface area contributed by atoms with Gasteiger partial charge in [0.15, 0.2) is 5.78 Å². The minimum Gasteiger partial charge on any atom is -0.293 e. The van der Waals surface area contributed by atoms with Crippen molar-refractivity contribution in [1.29, 1.82) is 5.26 Å². The molecule has 1 unspecified atom stereocenters. The van der Waals surface area contributed by atoms with Crippen molar-refractivity contribution >= 4 is 5.78 Å². The van der Waals surface area contributed by atoms with Gasteiger partial charge in [0.2, 0.25) is 0 Å². The van der Waals surface area contributed by atoms with Crippen LogP contribution >= 0.6 is 0 Å². The molecule has 0 aliphatic heterocycles. The number of hydrogen-bond acceptors (Lipinski definition) is 2. The Morgan fingerprint density at radius 2 is 1.74 bits per heavy atom. The summed E-state index contributed by atoms with van der Waals surface area (Å²) in [5.74, 6) is -0.236. The zero-order valence-electron chi connectivity index (χ0n) is 12.5. The van der Waals surface area contributed by atoms with Gasteiger partial charge in [0, 0.05) is 5.56 Å². The van der Waals surface area contributed by atoms with Crippen LogP contribution in [0.3, 0.4) is 0 Å². The molecule has 2 heteroatoms. The molecule has 0 heterocycles. The van der Waals surface area contributed by atoms with E-state index in [1.54, 1.807) is 0 Å². The molecule has 0 bridgehead atoms. The molecule has 0 amide bonds. The van der Waals surface area contributed by atoms with Crippen LogP contribution in [0.4, 0.5) is 0 Å². The molecule has 0 N–H and O–H groups in total. The lowest BCUT2D eigenvalue weighted by atomic mass is 9.85. The van der Waals surface area contributed by atoms with Crippen LogP contribution in [0.1, 0.15) is 57.0 Å². The first-order valence-corrected chi connectivity index (χ1v) is 6.80. The van der Waals surface area contributed by atoms with Crippen molar-refractivity contribution < 1.29 is 4.79 Å². The van der Waals surface area contributed by atoms with Gasteiger partial charge in [-0.2, -0.15) is 5.26 Å². The van der Waals surface area contributed by atoms with Crippen LogP contribution in [0.15, 0.2) is 24.3 Å². The van der Waals surface area contributed by atoms with Crippen molar-refractivity contribution in [3.63, 3.8) is 0 Å². The summed E-state index contributed by atoms with van der Waals surface area (Å²) in [7, 11) is 0. The van der Waals surface area contributed by atoms with Gasteiger partial charge in [0.25, 0.3) is 0 Å². The maximum absolute atomic E-state index is 12.2. The third-order valence-corrected chi connectivity index (χ3v) is 3.21. The van der Waals surface area contributed by atoms with E-state index in [2.05, 4.69) is 26.8 Å². The van der Waals surface area contributed by atoms with Crippen LogP contribution in [0, 0.1) is 23.2 Å². The van der Waals surface area contributed by atoms with Crippen LogP contribution in [0.2, 0.25) is 0 Å². The van der Waals surface area contributed by atoms with E-state index in [9.17, 15) is 4.79 Å². The lowest BCUT2D eigenvalue weighted by molar-refractivity contribution is 0.0937. The highest BCUT2D eigenvalue weighted by atomic mass is 16.1. The summed E-state index contributed by atoms with van der Waals surface area (Å²) in [4.78, 5) is 12.2. The number of rotatable bonds is 4. The summed E-state index contributed by atoms with van der Waals surface area (Å²) in [6, 6.07) is 9.78. The lowest BCUT2D eigenvalue weighted by Crippen LogP contribution is -2.16. The van der Waals surface area contributed by atoms with Gasteiger partial charge < -0.3 is 0 Å². The number of carbonyl (C=O) groups is 1. The molecular formula is C17H23NO. The van der Waals surface area contributed by atoms with E-state index < -0.39 is 5.92 Å². The Morgan fingerprint density at radius 1 is 1.21 bits per heavy atom. The largest absolute Gasteiger partial charge is 0.293 e. The minimum atomic E-state index is -0.527. The summed E-state index contributed by atoms with van der Waals surface area (Å²) >= 11 is 0. The third kappa shape index (κ3) is 4.21. The van der Waals surface area contributed by atoms with Gasteiger partial charge in [-0.1, -0.05) is 58.9 Å².